The molecule has 1 amide bonds. The van der Waals surface area contributed by atoms with Gasteiger partial charge in [-0.05, 0) is 43.5 Å². The first kappa shape index (κ1) is 16.4. The summed E-state index contributed by atoms with van der Waals surface area (Å²) in [5.41, 5.74) is 4.15. The number of hydrogen-bond acceptors (Lipinski definition) is 3. The van der Waals surface area contributed by atoms with Crippen LogP contribution in [0.15, 0.2) is 36.4 Å². The van der Waals surface area contributed by atoms with Crippen molar-refractivity contribution in [3.05, 3.63) is 53.1 Å². The zero-order valence-corrected chi connectivity index (χ0v) is 14.4. The number of benzene rings is 2. The second-order valence-corrected chi connectivity index (χ2v) is 6.38. The molecule has 1 atom stereocenters. The molecule has 0 fully saturated rings. The fourth-order valence-electron chi connectivity index (χ4n) is 3.17. The molecular weight excluding hydrogens is 302 g/mol. The molecule has 0 spiro atoms. The average molecular weight is 325 g/mol. The number of aromatic hydroxyl groups is 1. The van der Waals surface area contributed by atoms with Crippen molar-refractivity contribution in [2.45, 2.75) is 39.7 Å². The van der Waals surface area contributed by atoms with E-state index in [1.54, 1.807) is 23.1 Å². The molecule has 0 aromatic heterocycles. The number of ether oxygens (including phenoxy) is 1. The highest BCUT2D eigenvalue weighted by molar-refractivity contribution is 6.00. The molecule has 0 radical (unpaired) electrons. The molecule has 2 aromatic rings. The van der Waals surface area contributed by atoms with Crippen molar-refractivity contribution in [3.8, 4) is 11.5 Å². The summed E-state index contributed by atoms with van der Waals surface area (Å²) in [7, 11) is 0. The summed E-state index contributed by atoms with van der Waals surface area (Å²) in [6, 6.07) is 11.2. The van der Waals surface area contributed by atoms with Gasteiger partial charge < -0.3 is 14.7 Å². The number of anilines is 1. The lowest BCUT2D eigenvalue weighted by Gasteiger charge is -2.34. The van der Waals surface area contributed by atoms with Crippen LogP contribution in [0.5, 0.6) is 11.5 Å². The summed E-state index contributed by atoms with van der Waals surface area (Å²) in [6.45, 7) is 6.77. The largest absolute Gasteiger partial charge is 0.508 e. The summed E-state index contributed by atoms with van der Waals surface area (Å²) >= 11 is 0. The van der Waals surface area contributed by atoms with E-state index in [2.05, 4.69) is 32.0 Å². The molecular formula is C20H23NO3. The van der Waals surface area contributed by atoms with Crippen LogP contribution in [0.3, 0.4) is 0 Å². The molecule has 0 saturated carbocycles. The second kappa shape index (κ2) is 6.56. The standard InChI is InChI=1S/C20H23NO3/c1-4-9-21-17-12-16(22)7-8-18(17)24-19(20(21)23)11-15-6-5-13(2)10-14(15)3/h5-8,10,12,19,22H,4,9,11H2,1-3H3. The van der Waals surface area contributed by atoms with E-state index in [0.29, 0.717) is 24.4 Å². The third kappa shape index (κ3) is 3.09. The van der Waals surface area contributed by atoms with Crippen LogP contribution in [0.25, 0.3) is 0 Å². The molecule has 0 aliphatic carbocycles. The van der Waals surface area contributed by atoms with E-state index < -0.39 is 6.10 Å². The minimum atomic E-state index is -0.532. The van der Waals surface area contributed by atoms with Gasteiger partial charge in [0.1, 0.15) is 11.5 Å². The maximum absolute atomic E-state index is 12.9. The number of rotatable bonds is 4. The lowest BCUT2D eigenvalue weighted by atomic mass is 9.99. The fourth-order valence-corrected chi connectivity index (χ4v) is 3.17. The highest BCUT2D eigenvalue weighted by Gasteiger charge is 2.34. The van der Waals surface area contributed by atoms with Crippen molar-refractivity contribution in [3.63, 3.8) is 0 Å². The predicted octanol–water partition coefficient (Wildman–Crippen LogP) is 3.76. The smallest absolute Gasteiger partial charge is 0.268 e. The Morgan fingerprint density at radius 1 is 1.17 bits per heavy atom. The van der Waals surface area contributed by atoms with Gasteiger partial charge in [0.25, 0.3) is 5.91 Å². The zero-order valence-electron chi connectivity index (χ0n) is 14.4. The Morgan fingerprint density at radius 2 is 1.96 bits per heavy atom. The number of phenols is 1. The molecule has 126 valence electrons. The van der Waals surface area contributed by atoms with Crippen molar-refractivity contribution in [1.82, 2.24) is 0 Å². The summed E-state index contributed by atoms with van der Waals surface area (Å²) in [4.78, 5) is 14.6. The normalized spacial score (nSPS) is 16.7. The Labute approximate surface area is 142 Å². The van der Waals surface area contributed by atoms with E-state index in [9.17, 15) is 9.90 Å². The number of aryl methyl sites for hydroxylation is 2. The van der Waals surface area contributed by atoms with Crippen LogP contribution in [-0.4, -0.2) is 23.7 Å². The van der Waals surface area contributed by atoms with Crippen molar-refractivity contribution in [2.75, 3.05) is 11.4 Å². The van der Waals surface area contributed by atoms with Gasteiger partial charge in [-0.1, -0.05) is 30.7 Å². The molecule has 4 heteroatoms. The van der Waals surface area contributed by atoms with Gasteiger partial charge >= 0.3 is 0 Å². The molecule has 2 aromatic carbocycles. The fraction of sp³-hybridized carbons (Fsp3) is 0.350. The Morgan fingerprint density at radius 3 is 2.67 bits per heavy atom. The molecule has 1 N–H and O–H groups in total. The summed E-state index contributed by atoms with van der Waals surface area (Å²) in [5.74, 6) is 0.740. The Kier molecular flexibility index (Phi) is 4.47. The van der Waals surface area contributed by atoms with Crippen LogP contribution in [-0.2, 0) is 11.2 Å². The monoisotopic (exact) mass is 325 g/mol. The third-order valence-electron chi connectivity index (χ3n) is 4.39. The quantitative estimate of drug-likeness (QED) is 0.931. The van der Waals surface area contributed by atoms with E-state index in [4.69, 9.17) is 4.74 Å². The number of carbonyl (C=O) groups is 1. The van der Waals surface area contributed by atoms with Gasteiger partial charge in [-0.25, -0.2) is 0 Å². The van der Waals surface area contributed by atoms with Crippen LogP contribution >= 0.6 is 0 Å². The number of hydrogen-bond donors (Lipinski definition) is 1. The van der Waals surface area contributed by atoms with Gasteiger partial charge in [-0.15, -0.1) is 0 Å². The van der Waals surface area contributed by atoms with Crippen LogP contribution in [0.2, 0.25) is 0 Å². The summed E-state index contributed by atoms with van der Waals surface area (Å²) in [5, 5.41) is 9.73. The highest BCUT2D eigenvalue weighted by atomic mass is 16.5. The van der Waals surface area contributed by atoms with E-state index in [0.717, 1.165) is 12.0 Å². The van der Waals surface area contributed by atoms with Crippen LogP contribution in [0.4, 0.5) is 5.69 Å². The minimum Gasteiger partial charge on any atom is -0.508 e. The maximum Gasteiger partial charge on any atom is 0.268 e. The highest BCUT2D eigenvalue weighted by Crippen LogP contribution is 2.37. The van der Waals surface area contributed by atoms with Gasteiger partial charge in [0.05, 0.1) is 5.69 Å². The topological polar surface area (TPSA) is 49.8 Å². The average Bonchev–Trinajstić information content (AvgIpc) is 2.54. The SMILES string of the molecule is CCCN1C(=O)C(Cc2ccc(C)cc2C)Oc2ccc(O)cc21. The van der Waals surface area contributed by atoms with Crippen LogP contribution < -0.4 is 9.64 Å². The van der Waals surface area contributed by atoms with Crippen LogP contribution in [0, 0.1) is 13.8 Å². The number of fused-ring (bicyclic) bond motifs is 1. The van der Waals surface area contributed by atoms with Gasteiger partial charge in [0, 0.05) is 19.0 Å². The number of carbonyl (C=O) groups excluding carboxylic acids is 1. The molecule has 1 aliphatic heterocycles. The van der Waals surface area contributed by atoms with Gasteiger partial charge in [0.15, 0.2) is 6.10 Å². The van der Waals surface area contributed by atoms with Gasteiger partial charge in [0.2, 0.25) is 0 Å². The number of amides is 1. The predicted molar refractivity (Wildman–Crippen MR) is 94.8 cm³/mol. The van der Waals surface area contributed by atoms with Crippen molar-refractivity contribution < 1.29 is 14.6 Å². The van der Waals surface area contributed by atoms with Gasteiger partial charge in [-0.2, -0.15) is 0 Å². The van der Waals surface area contributed by atoms with Gasteiger partial charge in [-0.3, -0.25) is 4.79 Å². The Balaban J connectivity index is 1.92. The number of nitrogens with zero attached hydrogens (tertiary/aromatic N) is 1. The Hall–Kier alpha value is -2.49. The minimum absolute atomic E-state index is 0.0464. The lowest BCUT2D eigenvalue weighted by Crippen LogP contribution is -2.47. The van der Waals surface area contributed by atoms with E-state index >= 15 is 0 Å². The van der Waals surface area contributed by atoms with Crippen molar-refractivity contribution in [1.29, 1.82) is 0 Å². The van der Waals surface area contributed by atoms with E-state index in [1.807, 2.05) is 6.92 Å². The van der Waals surface area contributed by atoms with E-state index in [-0.39, 0.29) is 11.7 Å². The summed E-state index contributed by atoms with van der Waals surface area (Å²) in [6.07, 6.45) is 0.859. The molecule has 24 heavy (non-hydrogen) atoms. The van der Waals surface area contributed by atoms with Crippen LogP contribution in [0.1, 0.15) is 30.0 Å². The first-order chi connectivity index (χ1) is 11.5. The van der Waals surface area contributed by atoms with Crippen molar-refractivity contribution in [2.24, 2.45) is 0 Å². The summed E-state index contributed by atoms with van der Waals surface area (Å²) < 4.78 is 5.96. The second-order valence-electron chi connectivity index (χ2n) is 6.38. The first-order valence-corrected chi connectivity index (χ1v) is 8.36. The molecule has 1 heterocycles. The molecule has 1 unspecified atom stereocenters. The Bertz CT molecular complexity index is 769. The molecule has 0 saturated heterocycles. The van der Waals surface area contributed by atoms with E-state index in [1.165, 1.54) is 11.1 Å². The molecule has 3 rings (SSSR count). The first-order valence-electron chi connectivity index (χ1n) is 8.36. The lowest BCUT2D eigenvalue weighted by molar-refractivity contribution is -0.126. The molecule has 1 aliphatic rings. The zero-order chi connectivity index (χ0) is 17.3. The number of phenolic OH excluding ortho intramolecular Hbond substituents is 1. The maximum atomic E-state index is 12.9. The van der Waals surface area contributed by atoms with Crippen molar-refractivity contribution >= 4 is 11.6 Å². The molecule has 4 nitrogen and oxygen atoms in total. The molecule has 0 bridgehead atoms. The third-order valence-corrected chi connectivity index (χ3v) is 4.39.